The summed E-state index contributed by atoms with van der Waals surface area (Å²) in [6.45, 7) is 0.962. The van der Waals surface area contributed by atoms with Gasteiger partial charge in [-0.25, -0.2) is 0 Å². The summed E-state index contributed by atoms with van der Waals surface area (Å²) >= 11 is 12.6. The van der Waals surface area contributed by atoms with E-state index >= 15 is 0 Å². The van der Waals surface area contributed by atoms with Crippen molar-refractivity contribution >= 4 is 23.2 Å². The Labute approximate surface area is 122 Å². The van der Waals surface area contributed by atoms with E-state index in [4.69, 9.17) is 27.9 Å². The van der Waals surface area contributed by atoms with Crippen molar-refractivity contribution in [3.8, 4) is 0 Å². The Morgan fingerprint density at radius 1 is 1.00 bits per heavy atom. The maximum absolute atomic E-state index is 6.28. The van der Waals surface area contributed by atoms with Gasteiger partial charge in [-0.1, -0.05) is 19.3 Å². The van der Waals surface area contributed by atoms with E-state index in [2.05, 4.69) is 0 Å². The minimum absolute atomic E-state index is 0.193. The molecule has 1 saturated carbocycles. The highest BCUT2D eigenvalue weighted by molar-refractivity contribution is 6.21. The van der Waals surface area contributed by atoms with Gasteiger partial charge in [0.25, 0.3) is 0 Å². The molecule has 3 heteroatoms. The number of hydrogen-bond donors (Lipinski definition) is 0. The normalized spacial score (nSPS) is 26.0. The number of rotatable bonds is 7. The first kappa shape index (κ1) is 14.9. The summed E-state index contributed by atoms with van der Waals surface area (Å²) in [5.41, 5.74) is 0.193. The molecule has 0 aromatic heterocycles. The van der Waals surface area contributed by atoms with E-state index in [0.717, 1.165) is 24.3 Å². The van der Waals surface area contributed by atoms with Gasteiger partial charge in [-0.3, -0.25) is 0 Å². The molecule has 0 aromatic carbocycles. The van der Waals surface area contributed by atoms with Gasteiger partial charge in [-0.2, -0.15) is 0 Å². The van der Waals surface area contributed by atoms with Gasteiger partial charge in [-0.15, -0.1) is 23.2 Å². The number of hydrogen-bond acceptors (Lipinski definition) is 1. The molecule has 106 valence electrons. The third-order valence-corrected chi connectivity index (χ3v) is 6.04. The molecule has 18 heavy (non-hydrogen) atoms. The summed E-state index contributed by atoms with van der Waals surface area (Å²) in [6, 6.07) is 0. The molecule has 0 bridgehead atoms. The van der Waals surface area contributed by atoms with Crippen molar-refractivity contribution in [3.05, 3.63) is 0 Å². The van der Waals surface area contributed by atoms with E-state index in [-0.39, 0.29) is 5.41 Å². The van der Waals surface area contributed by atoms with E-state index in [9.17, 15) is 0 Å². The van der Waals surface area contributed by atoms with E-state index in [1.165, 1.54) is 57.8 Å². The average Bonchev–Trinajstić information content (AvgIpc) is 3.08. The number of ether oxygens (including phenoxy) is 1. The van der Waals surface area contributed by atoms with E-state index in [0.29, 0.717) is 6.10 Å². The molecule has 1 nitrogen and oxygen atoms in total. The van der Waals surface area contributed by atoms with Crippen LogP contribution < -0.4 is 0 Å². The van der Waals surface area contributed by atoms with Crippen LogP contribution in [0.3, 0.4) is 0 Å². The van der Waals surface area contributed by atoms with Crippen LogP contribution in [0.15, 0.2) is 0 Å². The first-order valence-corrected chi connectivity index (χ1v) is 8.61. The Hall–Kier alpha value is 0.540. The Morgan fingerprint density at radius 2 is 1.72 bits per heavy atom. The largest absolute Gasteiger partial charge is 0.378 e. The molecule has 1 saturated heterocycles. The molecule has 0 aromatic rings. The summed E-state index contributed by atoms with van der Waals surface area (Å²) < 4.78 is 5.69. The molecular formula is C15H26Cl2O. The topological polar surface area (TPSA) is 9.23 Å². The molecule has 2 fully saturated rings. The fourth-order valence-electron chi connectivity index (χ4n) is 3.68. The van der Waals surface area contributed by atoms with Gasteiger partial charge in [0.1, 0.15) is 0 Å². The molecule has 0 amide bonds. The molecule has 2 rings (SSSR count). The van der Waals surface area contributed by atoms with Crippen molar-refractivity contribution in [1.29, 1.82) is 0 Å². The van der Waals surface area contributed by atoms with Crippen LogP contribution in [0.2, 0.25) is 0 Å². The minimum atomic E-state index is 0.193. The quantitative estimate of drug-likeness (QED) is 0.601. The second-order valence-electron chi connectivity index (χ2n) is 6.14. The molecule has 1 atom stereocenters. The molecular weight excluding hydrogens is 267 g/mol. The van der Waals surface area contributed by atoms with Gasteiger partial charge in [0.15, 0.2) is 0 Å². The minimum Gasteiger partial charge on any atom is -0.378 e. The Morgan fingerprint density at radius 3 is 2.28 bits per heavy atom. The van der Waals surface area contributed by atoms with Crippen LogP contribution >= 0.6 is 23.2 Å². The molecule has 0 spiro atoms. The van der Waals surface area contributed by atoms with Gasteiger partial charge < -0.3 is 4.74 Å². The Bertz CT molecular complexity index is 229. The second kappa shape index (κ2) is 7.36. The third-order valence-electron chi connectivity index (χ3n) is 4.98. The van der Waals surface area contributed by atoms with Gasteiger partial charge >= 0.3 is 0 Å². The third kappa shape index (κ3) is 3.55. The maximum atomic E-state index is 6.28. The van der Waals surface area contributed by atoms with Gasteiger partial charge in [-0.05, 0) is 44.4 Å². The van der Waals surface area contributed by atoms with E-state index < -0.39 is 0 Å². The smallest absolute Gasteiger partial charge is 0.0576 e. The average molecular weight is 293 g/mol. The molecule has 1 aliphatic heterocycles. The van der Waals surface area contributed by atoms with Crippen LogP contribution in [0.5, 0.6) is 0 Å². The lowest BCUT2D eigenvalue weighted by molar-refractivity contribution is 0.0954. The zero-order valence-corrected chi connectivity index (χ0v) is 12.8. The molecule has 1 unspecified atom stereocenters. The highest BCUT2D eigenvalue weighted by atomic mass is 35.5. The molecule has 0 radical (unpaired) electrons. The predicted molar refractivity (Wildman–Crippen MR) is 78.7 cm³/mol. The lowest BCUT2D eigenvalue weighted by Gasteiger charge is -2.36. The lowest BCUT2D eigenvalue weighted by atomic mass is 9.73. The summed E-state index contributed by atoms with van der Waals surface area (Å²) in [6.07, 6.45) is 12.0. The standard InChI is InChI=1S/C15H26Cl2O/c16-11-15(12-17,13-5-1-2-6-13)9-3-7-14-8-4-10-18-14/h13-14H,1-12H2. The summed E-state index contributed by atoms with van der Waals surface area (Å²) in [4.78, 5) is 0. The maximum Gasteiger partial charge on any atom is 0.0576 e. The van der Waals surface area contributed by atoms with Crippen molar-refractivity contribution in [2.75, 3.05) is 18.4 Å². The van der Waals surface area contributed by atoms with Crippen molar-refractivity contribution in [3.63, 3.8) is 0 Å². The van der Waals surface area contributed by atoms with E-state index in [1.54, 1.807) is 0 Å². The van der Waals surface area contributed by atoms with Gasteiger partial charge in [0.2, 0.25) is 0 Å². The zero-order chi connectivity index (χ0) is 12.8. The highest BCUT2D eigenvalue weighted by Crippen LogP contribution is 2.45. The molecule has 1 aliphatic carbocycles. The fourth-order valence-corrected chi connectivity index (χ4v) is 4.67. The molecule has 2 aliphatic rings. The SMILES string of the molecule is ClCC(CCl)(CCCC1CCCO1)C1CCCC1. The summed E-state index contributed by atoms with van der Waals surface area (Å²) in [5, 5.41) is 0. The number of halogens is 2. The van der Waals surface area contributed by atoms with Crippen LogP contribution in [0, 0.1) is 11.3 Å². The van der Waals surface area contributed by atoms with Crippen LogP contribution in [-0.2, 0) is 4.74 Å². The molecule has 0 N–H and O–H groups in total. The van der Waals surface area contributed by atoms with Gasteiger partial charge in [0, 0.05) is 23.8 Å². The highest BCUT2D eigenvalue weighted by Gasteiger charge is 2.38. The van der Waals surface area contributed by atoms with Crippen LogP contribution in [-0.4, -0.2) is 24.5 Å². The van der Waals surface area contributed by atoms with Crippen LogP contribution in [0.1, 0.15) is 57.8 Å². The number of alkyl halides is 2. The predicted octanol–water partition coefficient (Wildman–Crippen LogP) is 4.99. The summed E-state index contributed by atoms with van der Waals surface area (Å²) in [7, 11) is 0. The van der Waals surface area contributed by atoms with Crippen molar-refractivity contribution < 1.29 is 4.74 Å². The zero-order valence-electron chi connectivity index (χ0n) is 11.3. The van der Waals surface area contributed by atoms with E-state index in [1.807, 2.05) is 0 Å². The van der Waals surface area contributed by atoms with Crippen molar-refractivity contribution in [2.24, 2.45) is 11.3 Å². The fraction of sp³-hybridized carbons (Fsp3) is 1.00. The van der Waals surface area contributed by atoms with Crippen LogP contribution in [0.25, 0.3) is 0 Å². The molecule has 1 heterocycles. The Kier molecular flexibility index (Phi) is 6.11. The Balaban J connectivity index is 1.80. The van der Waals surface area contributed by atoms with Crippen molar-refractivity contribution in [2.45, 2.75) is 63.9 Å². The monoisotopic (exact) mass is 292 g/mol. The summed E-state index contributed by atoms with van der Waals surface area (Å²) in [5.74, 6) is 2.22. The lowest BCUT2D eigenvalue weighted by Crippen LogP contribution is -2.33. The van der Waals surface area contributed by atoms with Gasteiger partial charge in [0.05, 0.1) is 6.10 Å². The van der Waals surface area contributed by atoms with Crippen LogP contribution in [0.4, 0.5) is 0 Å². The first-order chi connectivity index (χ1) is 8.80. The van der Waals surface area contributed by atoms with Crippen molar-refractivity contribution in [1.82, 2.24) is 0 Å². The second-order valence-corrected chi connectivity index (χ2v) is 6.67. The first-order valence-electron chi connectivity index (χ1n) is 7.54.